The minimum atomic E-state index is -0.423. The van der Waals surface area contributed by atoms with Crippen LogP contribution in [0.3, 0.4) is 0 Å². The van der Waals surface area contributed by atoms with Crippen LogP contribution >= 0.6 is 11.6 Å². The van der Waals surface area contributed by atoms with Crippen LogP contribution in [-0.4, -0.2) is 23.8 Å². The minimum absolute atomic E-state index is 0.166. The first-order valence-electron chi connectivity index (χ1n) is 10.1. The second kappa shape index (κ2) is 8.37. The van der Waals surface area contributed by atoms with Crippen LogP contribution in [0.4, 0.5) is 5.69 Å². The molecule has 1 saturated carbocycles. The van der Waals surface area contributed by atoms with Crippen molar-refractivity contribution in [1.29, 1.82) is 0 Å². The molecular formula is C23H23ClN2O3. The van der Waals surface area contributed by atoms with Gasteiger partial charge >= 0.3 is 0 Å². The average Bonchev–Trinajstić information content (AvgIpc) is 2.95. The summed E-state index contributed by atoms with van der Waals surface area (Å²) in [7, 11) is 0. The Bertz CT molecular complexity index is 947. The fourth-order valence-electron chi connectivity index (χ4n) is 4.08. The van der Waals surface area contributed by atoms with E-state index in [1.165, 1.54) is 25.3 Å². The number of nitrogens with zero attached hydrogens (tertiary/aromatic N) is 1. The lowest BCUT2D eigenvalue weighted by molar-refractivity contribution is 0.0919. The summed E-state index contributed by atoms with van der Waals surface area (Å²) < 4.78 is 0. The molecule has 0 spiro atoms. The van der Waals surface area contributed by atoms with Crippen LogP contribution < -0.4 is 10.2 Å². The molecule has 0 atom stereocenters. The minimum Gasteiger partial charge on any atom is -0.349 e. The normalized spacial score (nSPS) is 17.6. The monoisotopic (exact) mass is 410 g/mol. The predicted octanol–water partition coefficient (Wildman–Crippen LogP) is 4.98. The van der Waals surface area contributed by atoms with Gasteiger partial charge in [0.1, 0.15) is 0 Å². The quantitative estimate of drug-likeness (QED) is 0.725. The van der Waals surface area contributed by atoms with E-state index in [0.29, 0.717) is 21.8 Å². The number of carbonyl (C=O) groups excluding carboxylic acids is 3. The molecule has 150 valence electrons. The highest BCUT2D eigenvalue weighted by molar-refractivity contribution is 6.35. The van der Waals surface area contributed by atoms with Gasteiger partial charge in [-0.15, -0.1) is 0 Å². The highest BCUT2D eigenvalue weighted by Crippen LogP contribution is 2.30. The molecule has 29 heavy (non-hydrogen) atoms. The molecule has 6 heteroatoms. The predicted molar refractivity (Wildman–Crippen MR) is 113 cm³/mol. The van der Waals surface area contributed by atoms with Gasteiger partial charge in [0.05, 0.1) is 16.8 Å². The zero-order valence-electron chi connectivity index (χ0n) is 16.1. The largest absolute Gasteiger partial charge is 0.349 e. The molecule has 1 N–H and O–H groups in total. The highest BCUT2D eigenvalue weighted by Gasteiger charge is 2.37. The lowest BCUT2D eigenvalue weighted by atomic mass is 9.96. The average molecular weight is 411 g/mol. The van der Waals surface area contributed by atoms with Crippen LogP contribution in [0.15, 0.2) is 42.5 Å². The van der Waals surface area contributed by atoms with Gasteiger partial charge in [0, 0.05) is 16.6 Å². The molecular weight excluding hydrogens is 388 g/mol. The molecule has 1 fully saturated rings. The number of nitrogens with one attached hydrogen (secondary N) is 1. The maximum atomic E-state index is 12.9. The van der Waals surface area contributed by atoms with E-state index in [1.54, 1.807) is 36.4 Å². The molecule has 0 radical (unpaired) electrons. The molecule has 0 unspecified atom stereocenters. The molecule has 2 aromatic carbocycles. The first kappa shape index (κ1) is 19.6. The van der Waals surface area contributed by atoms with Crippen molar-refractivity contribution < 1.29 is 14.4 Å². The Hall–Kier alpha value is -2.66. The number of halogens is 1. The van der Waals surface area contributed by atoms with E-state index in [0.717, 1.165) is 30.6 Å². The zero-order valence-corrected chi connectivity index (χ0v) is 16.9. The molecule has 1 heterocycles. The van der Waals surface area contributed by atoms with E-state index in [2.05, 4.69) is 5.32 Å². The van der Waals surface area contributed by atoms with Crippen molar-refractivity contribution in [3.05, 3.63) is 64.2 Å². The zero-order chi connectivity index (χ0) is 20.4. The Labute approximate surface area is 175 Å². The summed E-state index contributed by atoms with van der Waals surface area (Å²) in [6.45, 7) is 0. The summed E-state index contributed by atoms with van der Waals surface area (Å²) in [6.07, 6.45) is 7.91. The molecule has 3 amide bonds. The SMILES string of the molecule is O=C(NC1CCCCCCC1)c1ccc2c(c1)C(=O)N(c1ccc(Cl)cc1)C2=O. The summed E-state index contributed by atoms with van der Waals surface area (Å²) in [5.41, 5.74) is 1.44. The third-order valence-corrected chi connectivity index (χ3v) is 5.93. The van der Waals surface area contributed by atoms with Crippen LogP contribution in [0.1, 0.15) is 76.0 Å². The summed E-state index contributed by atoms with van der Waals surface area (Å²) in [6, 6.07) is 11.4. The molecule has 4 rings (SSSR count). The van der Waals surface area contributed by atoms with Crippen molar-refractivity contribution in [2.24, 2.45) is 0 Å². The molecule has 2 aliphatic rings. The number of hydrogen-bond donors (Lipinski definition) is 1. The molecule has 5 nitrogen and oxygen atoms in total. The van der Waals surface area contributed by atoms with E-state index >= 15 is 0 Å². The van der Waals surface area contributed by atoms with E-state index in [4.69, 9.17) is 11.6 Å². The summed E-state index contributed by atoms with van der Waals surface area (Å²) in [5, 5.41) is 3.63. The maximum absolute atomic E-state index is 12.9. The van der Waals surface area contributed by atoms with E-state index in [1.807, 2.05) is 0 Å². The molecule has 2 aromatic rings. The number of anilines is 1. The van der Waals surface area contributed by atoms with Crippen molar-refractivity contribution in [2.75, 3.05) is 4.90 Å². The van der Waals surface area contributed by atoms with E-state index < -0.39 is 5.91 Å². The number of fused-ring (bicyclic) bond motifs is 1. The van der Waals surface area contributed by atoms with Crippen LogP contribution in [0.5, 0.6) is 0 Å². The van der Waals surface area contributed by atoms with Crippen molar-refractivity contribution in [1.82, 2.24) is 5.32 Å². The standard InChI is InChI=1S/C23H23ClN2O3/c24-16-9-11-18(12-10-16)26-22(28)19-13-8-15(14-20(19)23(26)29)21(27)25-17-6-4-2-1-3-5-7-17/h8-14,17H,1-7H2,(H,25,27). The Morgan fingerprint density at radius 3 is 2.17 bits per heavy atom. The van der Waals surface area contributed by atoms with Crippen LogP contribution in [0, 0.1) is 0 Å². The Morgan fingerprint density at radius 2 is 1.48 bits per heavy atom. The van der Waals surface area contributed by atoms with Gasteiger partial charge in [-0.3, -0.25) is 14.4 Å². The fraction of sp³-hybridized carbons (Fsp3) is 0.348. The molecule has 1 aliphatic heterocycles. The number of imide groups is 1. The van der Waals surface area contributed by atoms with Gasteiger partial charge in [-0.1, -0.05) is 43.7 Å². The topological polar surface area (TPSA) is 66.5 Å². The fourth-order valence-corrected chi connectivity index (χ4v) is 4.20. The second-order valence-corrected chi connectivity index (χ2v) is 8.13. The van der Waals surface area contributed by atoms with Crippen molar-refractivity contribution >= 4 is 35.0 Å². The van der Waals surface area contributed by atoms with Gasteiger partial charge in [0.15, 0.2) is 0 Å². The smallest absolute Gasteiger partial charge is 0.266 e. The first-order chi connectivity index (χ1) is 14.0. The van der Waals surface area contributed by atoms with E-state index in [9.17, 15) is 14.4 Å². The first-order valence-corrected chi connectivity index (χ1v) is 10.5. The maximum Gasteiger partial charge on any atom is 0.266 e. The summed E-state index contributed by atoms with van der Waals surface area (Å²) >= 11 is 5.90. The number of carbonyl (C=O) groups is 3. The second-order valence-electron chi connectivity index (χ2n) is 7.70. The highest BCUT2D eigenvalue weighted by atomic mass is 35.5. The lowest BCUT2D eigenvalue weighted by Crippen LogP contribution is -2.35. The molecule has 0 aromatic heterocycles. The van der Waals surface area contributed by atoms with Crippen LogP contribution in [-0.2, 0) is 0 Å². The third-order valence-electron chi connectivity index (χ3n) is 5.67. The Balaban J connectivity index is 1.53. The third kappa shape index (κ3) is 4.06. The van der Waals surface area contributed by atoms with Gasteiger partial charge in [0.25, 0.3) is 17.7 Å². The number of hydrogen-bond acceptors (Lipinski definition) is 3. The van der Waals surface area contributed by atoms with Gasteiger partial charge in [-0.2, -0.15) is 0 Å². The van der Waals surface area contributed by atoms with Gasteiger partial charge in [-0.25, -0.2) is 4.90 Å². The summed E-state index contributed by atoms with van der Waals surface area (Å²) in [4.78, 5) is 39.5. The number of rotatable bonds is 3. The number of benzene rings is 2. The van der Waals surface area contributed by atoms with Crippen LogP contribution in [0.25, 0.3) is 0 Å². The number of amides is 3. The summed E-state index contributed by atoms with van der Waals surface area (Å²) in [5.74, 6) is -1.00. The molecule has 0 saturated heterocycles. The van der Waals surface area contributed by atoms with Crippen molar-refractivity contribution in [3.8, 4) is 0 Å². The Kier molecular flexibility index (Phi) is 5.67. The Morgan fingerprint density at radius 1 is 0.862 bits per heavy atom. The van der Waals surface area contributed by atoms with Crippen molar-refractivity contribution in [2.45, 2.75) is 51.0 Å². The lowest BCUT2D eigenvalue weighted by Gasteiger charge is -2.21. The van der Waals surface area contributed by atoms with E-state index in [-0.39, 0.29) is 23.4 Å². The van der Waals surface area contributed by atoms with Gasteiger partial charge in [-0.05, 0) is 55.3 Å². The van der Waals surface area contributed by atoms with Gasteiger partial charge < -0.3 is 5.32 Å². The molecule has 0 bridgehead atoms. The van der Waals surface area contributed by atoms with Crippen molar-refractivity contribution in [3.63, 3.8) is 0 Å². The molecule has 1 aliphatic carbocycles. The van der Waals surface area contributed by atoms with Gasteiger partial charge in [0.2, 0.25) is 0 Å². The van der Waals surface area contributed by atoms with Crippen LogP contribution in [0.2, 0.25) is 5.02 Å².